The first-order valence-electron chi connectivity index (χ1n) is 13.4. The molecule has 0 amide bonds. The average molecular weight is 518 g/mol. The molecular formula is C30H42Cl2N2O. The van der Waals surface area contributed by atoms with E-state index in [1.54, 1.807) is 18.2 Å². The van der Waals surface area contributed by atoms with E-state index >= 15 is 0 Å². The van der Waals surface area contributed by atoms with E-state index < -0.39 is 0 Å². The number of ether oxygens (including phenoxy) is 1. The Bertz CT molecular complexity index is 1010. The molecule has 3 aliphatic carbocycles. The van der Waals surface area contributed by atoms with E-state index in [1.807, 2.05) is 6.07 Å². The lowest BCUT2D eigenvalue weighted by Crippen LogP contribution is -2.61. The Morgan fingerprint density at radius 1 is 1.00 bits per heavy atom. The number of methoxy groups -OCH3 is 1. The monoisotopic (exact) mass is 516 g/mol. The van der Waals surface area contributed by atoms with E-state index in [1.165, 1.54) is 82.1 Å². The third-order valence-corrected chi connectivity index (χ3v) is 9.65. The van der Waals surface area contributed by atoms with Crippen molar-refractivity contribution in [1.29, 1.82) is 0 Å². The van der Waals surface area contributed by atoms with E-state index in [9.17, 15) is 0 Å². The van der Waals surface area contributed by atoms with Crippen LogP contribution in [0.4, 0.5) is 5.69 Å². The van der Waals surface area contributed by atoms with Crippen LogP contribution in [0.25, 0.3) is 0 Å². The van der Waals surface area contributed by atoms with Gasteiger partial charge in [-0.25, -0.2) is 0 Å². The van der Waals surface area contributed by atoms with E-state index in [4.69, 9.17) is 4.74 Å². The Balaban J connectivity index is 0.00000144. The van der Waals surface area contributed by atoms with Crippen LogP contribution >= 0.6 is 24.8 Å². The van der Waals surface area contributed by atoms with Gasteiger partial charge in [-0.05, 0) is 97.9 Å². The molecule has 2 aromatic rings. The maximum atomic E-state index is 5.44. The molecule has 0 radical (unpaired) electrons. The predicted octanol–water partition coefficient (Wildman–Crippen LogP) is 7.03. The van der Waals surface area contributed by atoms with Crippen LogP contribution in [0.2, 0.25) is 0 Å². The zero-order valence-corrected chi connectivity index (χ0v) is 23.0. The Morgan fingerprint density at radius 3 is 2.63 bits per heavy atom. The Morgan fingerprint density at radius 2 is 1.86 bits per heavy atom. The minimum absolute atomic E-state index is 0. The molecule has 35 heavy (non-hydrogen) atoms. The molecule has 4 aliphatic rings. The smallest absolute Gasteiger partial charge is 0.119 e. The standard InChI is InChI=1S/C30H40N2O.2ClH/c1-31(20-23-9-6-10-26(17-23)33-2)25-13-12-24-18-29-27-11-3-4-14-30(27,28(24)19-25)15-16-32(29)21-22-7-5-8-22;;/h6,9-10,12-13,17,19,22,27,29H,3-5,7-8,11,14-16,18,20-21H2,1-2H3;2*1H/t27-,29+,30+;;/m0../s1. The van der Waals surface area contributed by atoms with Gasteiger partial charge in [-0.2, -0.15) is 0 Å². The number of piperidine rings is 1. The van der Waals surface area contributed by atoms with Gasteiger partial charge >= 0.3 is 0 Å². The van der Waals surface area contributed by atoms with Crippen LogP contribution in [-0.2, 0) is 18.4 Å². The molecule has 1 heterocycles. The van der Waals surface area contributed by atoms with Gasteiger partial charge in [0.05, 0.1) is 7.11 Å². The van der Waals surface area contributed by atoms with Crippen LogP contribution in [-0.4, -0.2) is 38.2 Å². The second-order valence-corrected chi connectivity index (χ2v) is 11.4. The lowest BCUT2D eigenvalue weighted by molar-refractivity contribution is -0.0239. The van der Waals surface area contributed by atoms with Gasteiger partial charge in [0, 0.05) is 37.3 Å². The maximum absolute atomic E-state index is 5.44. The second kappa shape index (κ2) is 10.9. The van der Waals surface area contributed by atoms with Crippen LogP contribution in [0.3, 0.4) is 0 Å². The summed E-state index contributed by atoms with van der Waals surface area (Å²) < 4.78 is 5.44. The zero-order chi connectivity index (χ0) is 22.4. The number of hydrogen-bond donors (Lipinski definition) is 0. The van der Waals surface area contributed by atoms with Gasteiger partial charge in [0.25, 0.3) is 0 Å². The molecule has 3 atom stereocenters. The summed E-state index contributed by atoms with van der Waals surface area (Å²) in [5.41, 5.74) is 6.45. The summed E-state index contributed by atoms with van der Waals surface area (Å²) in [7, 11) is 3.99. The molecule has 0 unspecified atom stereocenters. The molecule has 1 aliphatic heterocycles. The van der Waals surface area contributed by atoms with E-state index in [0.29, 0.717) is 5.41 Å². The number of nitrogens with zero attached hydrogens (tertiary/aromatic N) is 2. The summed E-state index contributed by atoms with van der Waals surface area (Å²) in [6, 6.07) is 16.7. The van der Waals surface area contributed by atoms with Crippen molar-refractivity contribution in [2.24, 2.45) is 11.8 Å². The van der Waals surface area contributed by atoms with Crippen LogP contribution in [0.15, 0.2) is 42.5 Å². The fourth-order valence-electron chi connectivity index (χ4n) is 7.68. The van der Waals surface area contributed by atoms with Gasteiger partial charge < -0.3 is 9.64 Å². The molecule has 2 aromatic carbocycles. The minimum Gasteiger partial charge on any atom is -0.497 e. The Kier molecular flexibility index (Phi) is 8.30. The largest absolute Gasteiger partial charge is 0.497 e. The number of rotatable bonds is 6. The molecule has 1 saturated heterocycles. The highest BCUT2D eigenvalue weighted by Crippen LogP contribution is 2.56. The highest BCUT2D eigenvalue weighted by Gasteiger charge is 2.54. The van der Waals surface area contributed by atoms with Crippen LogP contribution in [0, 0.1) is 11.8 Å². The molecule has 6 rings (SSSR count). The first-order chi connectivity index (χ1) is 16.2. The predicted molar refractivity (Wildman–Crippen MR) is 151 cm³/mol. The summed E-state index contributed by atoms with van der Waals surface area (Å²) in [6.45, 7) is 3.60. The summed E-state index contributed by atoms with van der Waals surface area (Å²) in [5.74, 6) is 2.79. The number of fused-ring (bicyclic) bond motifs is 1. The SMILES string of the molecule is COc1cccc(CN(C)c2ccc3c(c2)[C@@]24CCCC[C@H]2[C@@H](C3)N(CC2CCC2)CC4)c1.Cl.Cl. The molecule has 2 saturated carbocycles. The van der Waals surface area contributed by atoms with E-state index in [2.05, 4.69) is 53.2 Å². The third kappa shape index (κ3) is 4.81. The molecule has 5 heteroatoms. The number of hydrogen-bond acceptors (Lipinski definition) is 3. The highest BCUT2D eigenvalue weighted by molar-refractivity contribution is 5.85. The van der Waals surface area contributed by atoms with Gasteiger partial charge in [0.15, 0.2) is 0 Å². The van der Waals surface area contributed by atoms with Crippen molar-refractivity contribution in [3.63, 3.8) is 0 Å². The molecule has 0 aromatic heterocycles. The van der Waals surface area contributed by atoms with Gasteiger partial charge in [-0.15, -0.1) is 24.8 Å². The van der Waals surface area contributed by atoms with Crippen LogP contribution < -0.4 is 9.64 Å². The Labute approximate surface area is 224 Å². The van der Waals surface area contributed by atoms with Crippen LogP contribution in [0.5, 0.6) is 5.75 Å². The van der Waals surface area contributed by atoms with Crippen molar-refractivity contribution < 1.29 is 4.74 Å². The van der Waals surface area contributed by atoms with Crippen molar-refractivity contribution in [1.82, 2.24) is 4.90 Å². The van der Waals surface area contributed by atoms with Gasteiger partial charge in [0.2, 0.25) is 0 Å². The topological polar surface area (TPSA) is 15.7 Å². The molecule has 3 fully saturated rings. The lowest BCUT2D eigenvalue weighted by atomic mass is 9.52. The molecule has 2 bridgehead atoms. The van der Waals surface area contributed by atoms with Gasteiger partial charge in [-0.1, -0.05) is 37.5 Å². The quantitative estimate of drug-likeness (QED) is 0.409. The first-order valence-corrected chi connectivity index (χ1v) is 13.4. The summed E-state index contributed by atoms with van der Waals surface area (Å²) in [5, 5.41) is 0. The normalized spacial score (nSPS) is 27.4. The fraction of sp³-hybridized carbons (Fsp3) is 0.600. The van der Waals surface area contributed by atoms with Crippen molar-refractivity contribution in [3.05, 3.63) is 59.2 Å². The van der Waals surface area contributed by atoms with Crippen molar-refractivity contribution in [2.75, 3.05) is 32.1 Å². The van der Waals surface area contributed by atoms with Crippen molar-refractivity contribution in [3.8, 4) is 5.75 Å². The number of benzene rings is 2. The average Bonchev–Trinajstić information content (AvgIpc) is 2.82. The van der Waals surface area contributed by atoms with E-state index in [0.717, 1.165) is 30.2 Å². The van der Waals surface area contributed by atoms with E-state index in [-0.39, 0.29) is 24.8 Å². The maximum Gasteiger partial charge on any atom is 0.119 e. The zero-order valence-electron chi connectivity index (χ0n) is 21.4. The van der Waals surface area contributed by atoms with Gasteiger partial charge in [0.1, 0.15) is 5.75 Å². The second-order valence-electron chi connectivity index (χ2n) is 11.4. The van der Waals surface area contributed by atoms with Crippen molar-refractivity contribution in [2.45, 2.75) is 75.8 Å². The number of anilines is 1. The Hall–Kier alpha value is -1.42. The fourth-order valence-corrected chi connectivity index (χ4v) is 7.68. The highest BCUT2D eigenvalue weighted by atomic mass is 35.5. The first kappa shape index (κ1) is 26.6. The lowest BCUT2D eigenvalue weighted by Gasteiger charge is -2.60. The summed E-state index contributed by atoms with van der Waals surface area (Å²) >= 11 is 0. The molecule has 192 valence electrons. The van der Waals surface area contributed by atoms with Gasteiger partial charge in [-0.3, -0.25) is 4.90 Å². The molecule has 0 spiro atoms. The molecular weight excluding hydrogens is 475 g/mol. The minimum atomic E-state index is 0. The molecule has 3 nitrogen and oxygen atoms in total. The summed E-state index contributed by atoms with van der Waals surface area (Å²) in [6.07, 6.45) is 12.7. The number of likely N-dealkylation sites (tertiary alicyclic amines) is 1. The van der Waals surface area contributed by atoms with Crippen molar-refractivity contribution >= 4 is 30.5 Å². The van der Waals surface area contributed by atoms with Crippen LogP contribution in [0.1, 0.15) is 68.1 Å². The summed E-state index contributed by atoms with van der Waals surface area (Å²) in [4.78, 5) is 5.35. The number of halogens is 2. The third-order valence-electron chi connectivity index (χ3n) is 9.65. The molecule has 0 N–H and O–H groups in total.